The number of carbonyl (C=O) groups excluding carboxylic acids is 2. The Bertz CT molecular complexity index is 1460. The summed E-state index contributed by atoms with van der Waals surface area (Å²) in [5, 5.41) is 17.5. The summed E-state index contributed by atoms with van der Waals surface area (Å²) in [6, 6.07) is 5.42. The van der Waals surface area contributed by atoms with Gasteiger partial charge in [-0.25, -0.2) is 13.8 Å². The molecule has 1 aromatic heterocycles. The molecule has 0 atom stereocenters. The van der Waals surface area contributed by atoms with E-state index in [-0.39, 0.29) is 45.0 Å². The molecular formula is C24H22Cl2F5N5O4. The summed E-state index contributed by atoms with van der Waals surface area (Å²) < 4.78 is 69.9. The van der Waals surface area contributed by atoms with Crippen molar-refractivity contribution >= 4 is 57.7 Å². The fraction of sp³-hybridized carbons (Fsp3) is 0.375. The quantitative estimate of drug-likeness (QED) is 0.248. The average Bonchev–Trinajstić information content (AvgIpc) is 3.57. The van der Waals surface area contributed by atoms with Crippen molar-refractivity contribution in [3.05, 3.63) is 45.4 Å². The highest BCUT2D eigenvalue weighted by Gasteiger charge is 2.47. The lowest BCUT2D eigenvalue weighted by molar-refractivity contribution is -0.131. The van der Waals surface area contributed by atoms with Crippen molar-refractivity contribution < 1.29 is 41.4 Å². The lowest BCUT2D eigenvalue weighted by Gasteiger charge is -2.15. The van der Waals surface area contributed by atoms with Gasteiger partial charge in [-0.3, -0.25) is 9.59 Å². The summed E-state index contributed by atoms with van der Waals surface area (Å²) >= 11 is 12.9. The number of fused-ring (bicyclic) bond motifs is 1. The third-order valence-electron chi connectivity index (χ3n) is 6.03. The largest absolute Gasteiger partial charge is 0.487 e. The number of aryl methyl sites for hydroxylation is 1. The predicted molar refractivity (Wildman–Crippen MR) is 136 cm³/mol. The highest BCUT2D eigenvalue weighted by molar-refractivity contribution is 6.39. The Hall–Kier alpha value is -3.36. The van der Waals surface area contributed by atoms with E-state index in [1.54, 1.807) is 18.4 Å². The van der Waals surface area contributed by atoms with E-state index in [4.69, 9.17) is 27.9 Å². The first-order chi connectivity index (χ1) is 18.7. The highest BCUT2D eigenvalue weighted by atomic mass is 35.5. The Labute approximate surface area is 233 Å². The lowest BCUT2D eigenvalue weighted by Crippen LogP contribution is -2.35. The molecule has 4 rings (SSSR count). The van der Waals surface area contributed by atoms with E-state index in [0.717, 1.165) is 6.07 Å². The Morgan fingerprint density at radius 3 is 2.52 bits per heavy atom. The van der Waals surface area contributed by atoms with Gasteiger partial charge in [-0.15, -0.1) is 0 Å². The standard InChI is InChI=1S/C24H22Cl2F5N5O4/c1-36-15-7-16(40-9-17(27)28)12(20(37)33-10-24(29,30)31)6-14(15)34-22(36)35-19-13(25)3-2-11(18(19)26)8-32-21(38)23(39)4-5-23/h2-3,6-7,17,39H,4-5,8-10H2,1H3,(H,32,38)(H,33,37)(H,34,35). The molecule has 0 aliphatic heterocycles. The summed E-state index contributed by atoms with van der Waals surface area (Å²) in [7, 11) is 1.54. The molecule has 4 N–H and O–H groups in total. The molecule has 2 amide bonds. The second kappa shape index (κ2) is 11.3. The average molecular weight is 610 g/mol. The zero-order valence-corrected chi connectivity index (χ0v) is 22.1. The number of amides is 2. The van der Waals surface area contributed by atoms with Crippen LogP contribution < -0.4 is 20.7 Å². The van der Waals surface area contributed by atoms with E-state index in [1.165, 1.54) is 16.7 Å². The molecule has 0 bridgehead atoms. The van der Waals surface area contributed by atoms with E-state index in [2.05, 4.69) is 15.6 Å². The number of benzene rings is 2. The minimum Gasteiger partial charge on any atom is -0.487 e. The van der Waals surface area contributed by atoms with Crippen molar-refractivity contribution in [1.82, 2.24) is 20.2 Å². The summed E-state index contributed by atoms with van der Waals surface area (Å²) in [5.41, 5.74) is -0.708. The zero-order chi connectivity index (χ0) is 29.4. The minimum absolute atomic E-state index is 0.00437. The van der Waals surface area contributed by atoms with Crippen molar-refractivity contribution in [2.75, 3.05) is 18.5 Å². The van der Waals surface area contributed by atoms with E-state index < -0.39 is 48.7 Å². The molecule has 1 aliphatic rings. The van der Waals surface area contributed by atoms with Crippen LogP contribution in [0.3, 0.4) is 0 Å². The summed E-state index contributed by atoms with van der Waals surface area (Å²) in [6.45, 7) is -2.74. The zero-order valence-electron chi connectivity index (χ0n) is 20.6. The van der Waals surface area contributed by atoms with Gasteiger partial charge in [0, 0.05) is 19.7 Å². The van der Waals surface area contributed by atoms with E-state index in [0.29, 0.717) is 18.4 Å². The van der Waals surface area contributed by atoms with Gasteiger partial charge in [0.05, 0.1) is 32.3 Å². The molecular weight excluding hydrogens is 588 g/mol. The number of carbonyl (C=O) groups is 2. The van der Waals surface area contributed by atoms with Gasteiger partial charge in [0.1, 0.15) is 24.5 Å². The summed E-state index contributed by atoms with van der Waals surface area (Å²) in [4.78, 5) is 28.9. The van der Waals surface area contributed by atoms with Crippen molar-refractivity contribution in [2.45, 2.75) is 37.6 Å². The van der Waals surface area contributed by atoms with Gasteiger partial charge in [0.15, 0.2) is 0 Å². The molecule has 0 spiro atoms. The third kappa shape index (κ3) is 6.67. The number of aromatic nitrogens is 2. The first-order valence-corrected chi connectivity index (χ1v) is 12.4. The Morgan fingerprint density at radius 1 is 1.20 bits per heavy atom. The number of hydrogen-bond acceptors (Lipinski definition) is 6. The van der Waals surface area contributed by atoms with Gasteiger partial charge < -0.3 is 30.4 Å². The molecule has 2 aromatic carbocycles. The highest BCUT2D eigenvalue weighted by Crippen LogP contribution is 2.38. The van der Waals surface area contributed by atoms with Crippen LogP contribution in [0.5, 0.6) is 5.75 Å². The van der Waals surface area contributed by atoms with Gasteiger partial charge in [0.2, 0.25) is 5.95 Å². The fourth-order valence-corrected chi connectivity index (χ4v) is 4.23. The number of rotatable bonds is 10. The Kier molecular flexibility index (Phi) is 8.33. The number of ether oxygens (including phenoxy) is 1. The molecule has 9 nitrogen and oxygen atoms in total. The molecule has 0 unspecified atom stereocenters. The second-order valence-corrected chi connectivity index (χ2v) is 9.85. The van der Waals surface area contributed by atoms with Crippen LogP contribution in [-0.2, 0) is 18.4 Å². The minimum atomic E-state index is -4.70. The molecule has 0 radical (unpaired) electrons. The van der Waals surface area contributed by atoms with Gasteiger partial charge in [0.25, 0.3) is 18.2 Å². The van der Waals surface area contributed by atoms with Crippen molar-refractivity contribution in [3.8, 4) is 5.75 Å². The summed E-state index contributed by atoms with van der Waals surface area (Å²) in [6.07, 6.45) is -6.86. The maximum absolute atomic E-state index is 12.8. The normalized spacial score (nSPS) is 14.3. The number of aliphatic hydroxyl groups is 1. The van der Waals surface area contributed by atoms with Crippen molar-refractivity contribution in [1.29, 1.82) is 0 Å². The first kappa shape index (κ1) is 29.6. The van der Waals surface area contributed by atoms with E-state index >= 15 is 0 Å². The number of nitrogens with one attached hydrogen (secondary N) is 3. The van der Waals surface area contributed by atoms with Gasteiger partial charge in [-0.05, 0) is 30.5 Å². The predicted octanol–water partition coefficient (Wildman–Crippen LogP) is 4.70. The van der Waals surface area contributed by atoms with Crippen LogP contribution in [0, 0.1) is 0 Å². The van der Waals surface area contributed by atoms with Crippen molar-refractivity contribution in [3.63, 3.8) is 0 Å². The third-order valence-corrected chi connectivity index (χ3v) is 6.78. The molecule has 1 aliphatic carbocycles. The number of imidazole rings is 1. The smallest absolute Gasteiger partial charge is 0.405 e. The molecule has 3 aromatic rings. The molecule has 0 saturated heterocycles. The van der Waals surface area contributed by atoms with Gasteiger partial charge in [-0.1, -0.05) is 29.3 Å². The van der Waals surface area contributed by atoms with Crippen LogP contribution in [0.2, 0.25) is 10.0 Å². The van der Waals surface area contributed by atoms with Gasteiger partial charge in [-0.2, -0.15) is 13.2 Å². The molecule has 40 heavy (non-hydrogen) atoms. The Balaban J connectivity index is 1.64. The number of nitrogens with zero attached hydrogens (tertiary/aromatic N) is 2. The maximum Gasteiger partial charge on any atom is 0.405 e. The van der Waals surface area contributed by atoms with Crippen LogP contribution >= 0.6 is 23.2 Å². The molecule has 1 heterocycles. The van der Waals surface area contributed by atoms with Crippen LogP contribution in [0.1, 0.15) is 28.8 Å². The second-order valence-electron chi connectivity index (χ2n) is 9.07. The topological polar surface area (TPSA) is 118 Å². The number of hydrogen-bond donors (Lipinski definition) is 4. The van der Waals surface area contributed by atoms with Crippen LogP contribution in [0.25, 0.3) is 11.0 Å². The molecule has 16 heteroatoms. The van der Waals surface area contributed by atoms with Crippen LogP contribution in [-0.4, -0.2) is 57.8 Å². The van der Waals surface area contributed by atoms with Crippen molar-refractivity contribution in [2.24, 2.45) is 7.05 Å². The van der Waals surface area contributed by atoms with Crippen LogP contribution in [0.4, 0.5) is 33.6 Å². The lowest BCUT2D eigenvalue weighted by atomic mass is 10.1. The van der Waals surface area contributed by atoms with E-state index in [1.807, 2.05) is 0 Å². The molecule has 216 valence electrons. The molecule has 1 fully saturated rings. The number of alkyl halides is 5. The SMILES string of the molecule is Cn1c(Nc2c(Cl)ccc(CNC(=O)C3(O)CC3)c2Cl)nc2cc(C(=O)NCC(F)(F)F)c(OCC(F)F)cc21. The number of anilines is 2. The van der Waals surface area contributed by atoms with E-state index in [9.17, 15) is 36.6 Å². The molecule has 1 saturated carbocycles. The maximum atomic E-state index is 12.8. The van der Waals surface area contributed by atoms with Gasteiger partial charge >= 0.3 is 6.18 Å². The van der Waals surface area contributed by atoms with Crippen LogP contribution in [0.15, 0.2) is 24.3 Å². The first-order valence-electron chi connectivity index (χ1n) is 11.7. The summed E-state index contributed by atoms with van der Waals surface area (Å²) in [5.74, 6) is -1.96. The fourth-order valence-electron chi connectivity index (χ4n) is 3.70. The Morgan fingerprint density at radius 2 is 1.90 bits per heavy atom. The number of halogens is 7. The monoisotopic (exact) mass is 609 g/mol.